The minimum Gasteiger partial charge on any atom is -0.481 e. The first-order valence-electron chi connectivity index (χ1n) is 11.2. The Morgan fingerprint density at radius 3 is 1.54 bits per heavy atom. The Kier molecular flexibility index (Phi) is 18.4. The SMILES string of the molecule is CCOC(CCCCCCCCCCCC(CCCC(=O)O)C(=O)O)OCC. The highest BCUT2D eigenvalue weighted by Crippen LogP contribution is 2.19. The summed E-state index contributed by atoms with van der Waals surface area (Å²) in [5.74, 6) is -2.04. The number of carboxylic acids is 2. The quantitative estimate of drug-likeness (QED) is 0.191. The molecule has 0 heterocycles. The third kappa shape index (κ3) is 17.0. The Hall–Kier alpha value is -1.14. The van der Waals surface area contributed by atoms with Gasteiger partial charge >= 0.3 is 11.9 Å². The number of rotatable bonds is 21. The summed E-state index contributed by atoms with van der Waals surface area (Å²) in [4.78, 5) is 21.7. The molecular formula is C22H42O6. The van der Waals surface area contributed by atoms with Gasteiger partial charge in [0.2, 0.25) is 0 Å². The summed E-state index contributed by atoms with van der Waals surface area (Å²) in [5, 5.41) is 17.9. The van der Waals surface area contributed by atoms with Crippen molar-refractivity contribution in [2.75, 3.05) is 13.2 Å². The van der Waals surface area contributed by atoms with Gasteiger partial charge in [-0.2, -0.15) is 0 Å². The molecule has 0 aliphatic heterocycles. The van der Waals surface area contributed by atoms with Crippen LogP contribution in [0.15, 0.2) is 0 Å². The fourth-order valence-corrected chi connectivity index (χ4v) is 3.42. The first-order valence-corrected chi connectivity index (χ1v) is 11.2. The second-order valence-corrected chi connectivity index (χ2v) is 7.42. The summed E-state index contributed by atoms with van der Waals surface area (Å²) >= 11 is 0. The average Bonchev–Trinajstić information content (AvgIpc) is 2.64. The predicted octanol–water partition coefficient (Wildman–Crippen LogP) is 5.63. The van der Waals surface area contributed by atoms with Gasteiger partial charge in [0, 0.05) is 19.6 Å². The zero-order chi connectivity index (χ0) is 21.0. The zero-order valence-electron chi connectivity index (χ0n) is 18.0. The van der Waals surface area contributed by atoms with Crippen LogP contribution in [0.3, 0.4) is 0 Å². The van der Waals surface area contributed by atoms with Crippen LogP contribution in [0.5, 0.6) is 0 Å². The van der Waals surface area contributed by atoms with Crippen LogP contribution in [-0.4, -0.2) is 41.7 Å². The molecule has 0 rings (SSSR count). The molecular weight excluding hydrogens is 360 g/mol. The molecule has 166 valence electrons. The molecule has 6 heteroatoms. The molecule has 0 bridgehead atoms. The first-order chi connectivity index (χ1) is 13.5. The minimum atomic E-state index is -0.854. The van der Waals surface area contributed by atoms with Gasteiger partial charge in [-0.1, -0.05) is 51.4 Å². The highest BCUT2D eigenvalue weighted by atomic mass is 16.7. The Labute approximate surface area is 171 Å². The molecule has 6 nitrogen and oxygen atoms in total. The lowest BCUT2D eigenvalue weighted by atomic mass is 9.95. The maximum Gasteiger partial charge on any atom is 0.306 e. The third-order valence-electron chi connectivity index (χ3n) is 4.99. The van der Waals surface area contributed by atoms with Crippen molar-refractivity contribution >= 4 is 11.9 Å². The number of hydrogen-bond acceptors (Lipinski definition) is 4. The van der Waals surface area contributed by atoms with Gasteiger partial charge < -0.3 is 19.7 Å². The van der Waals surface area contributed by atoms with E-state index < -0.39 is 17.9 Å². The molecule has 1 unspecified atom stereocenters. The Morgan fingerprint density at radius 2 is 1.11 bits per heavy atom. The summed E-state index contributed by atoms with van der Waals surface area (Å²) in [6.45, 7) is 5.38. The van der Waals surface area contributed by atoms with Gasteiger partial charge in [-0.25, -0.2) is 0 Å². The van der Waals surface area contributed by atoms with Crippen LogP contribution in [0.4, 0.5) is 0 Å². The molecule has 1 atom stereocenters. The number of unbranched alkanes of at least 4 members (excludes halogenated alkanes) is 8. The molecule has 0 saturated carbocycles. The van der Waals surface area contributed by atoms with Crippen molar-refractivity contribution in [3.05, 3.63) is 0 Å². The van der Waals surface area contributed by atoms with E-state index in [9.17, 15) is 14.7 Å². The molecule has 0 saturated heterocycles. The van der Waals surface area contributed by atoms with Crippen molar-refractivity contribution in [3.8, 4) is 0 Å². The molecule has 0 aromatic heterocycles. The lowest BCUT2D eigenvalue weighted by molar-refractivity contribution is -0.143. The van der Waals surface area contributed by atoms with E-state index in [1.165, 1.54) is 32.1 Å². The molecule has 28 heavy (non-hydrogen) atoms. The maximum atomic E-state index is 11.2. The van der Waals surface area contributed by atoms with Crippen molar-refractivity contribution in [1.29, 1.82) is 0 Å². The second-order valence-electron chi connectivity index (χ2n) is 7.42. The first kappa shape index (κ1) is 26.9. The summed E-state index contributed by atoms with van der Waals surface area (Å²) in [6.07, 6.45) is 13.0. The lowest BCUT2D eigenvalue weighted by Gasteiger charge is -2.16. The van der Waals surface area contributed by atoms with Gasteiger partial charge in [-0.3, -0.25) is 9.59 Å². The van der Waals surface area contributed by atoms with Crippen molar-refractivity contribution < 1.29 is 29.3 Å². The van der Waals surface area contributed by atoms with Crippen molar-refractivity contribution in [2.24, 2.45) is 5.92 Å². The predicted molar refractivity (Wildman–Crippen MR) is 110 cm³/mol. The summed E-state index contributed by atoms with van der Waals surface area (Å²) < 4.78 is 11.1. The molecule has 2 N–H and O–H groups in total. The minimum absolute atomic E-state index is 0.0474. The third-order valence-corrected chi connectivity index (χ3v) is 4.99. The van der Waals surface area contributed by atoms with E-state index in [1.54, 1.807) is 0 Å². The number of carbonyl (C=O) groups is 2. The lowest BCUT2D eigenvalue weighted by Crippen LogP contribution is -2.17. The number of ether oxygens (including phenoxy) is 2. The Bertz CT molecular complexity index is 379. The average molecular weight is 403 g/mol. The highest BCUT2D eigenvalue weighted by molar-refractivity contribution is 5.70. The van der Waals surface area contributed by atoms with Crippen LogP contribution in [0.1, 0.15) is 104 Å². The van der Waals surface area contributed by atoms with Gasteiger partial charge in [0.05, 0.1) is 5.92 Å². The molecule has 0 spiro atoms. The van der Waals surface area contributed by atoms with Crippen molar-refractivity contribution in [2.45, 2.75) is 110 Å². The monoisotopic (exact) mass is 402 g/mol. The zero-order valence-corrected chi connectivity index (χ0v) is 18.0. The number of hydrogen-bond donors (Lipinski definition) is 2. The molecule has 0 aromatic rings. The molecule has 0 aliphatic rings. The molecule has 0 aromatic carbocycles. The van der Waals surface area contributed by atoms with E-state index in [0.717, 1.165) is 32.1 Å². The molecule has 0 aliphatic carbocycles. The summed E-state index contributed by atoms with van der Waals surface area (Å²) in [6, 6.07) is 0. The smallest absolute Gasteiger partial charge is 0.306 e. The standard InChI is InChI=1S/C22H42O6/c1-3-27-21(28-4-2)18-13-11-9-7-5-6-8-10-12-15-19(22(25)26)16-14-17-20(23)24/h19,21H,3-18H2,1-2H3,(H,23,24)(H,25,26). The van der Waals surface area contributed by atoms with Crippen LogP contribution in [0, 0.1) is 5.92 Å². The van der Waals surface area contributed by atoms with Crippen molar-refractivity contribution in [3.63, 3.8) is 0 Å². The van der Waals surface area contributed by atoms with Gasteiger partial charge in [0.15, 0.2) is 6.29 Å². The van der Waals surface area contributed by atoms with Crippen LogP contribution < -0.4 is 0 Å². The van der Waals surface area contributed by atoms with Gasteiger partial charge in [-0.15, -0.1) is 0 Å². The van der Waals surface area contributed by atoms with E-state index in [4.69, 9.17) is 14.6 Å². The van der Waals surface area contributed by atoms with E-state index in [1.807, 2.05) is 13.8 Å². The molecule has 0 amide bonds. The number of carboxylic acid groups (broad SMARTS) is 2. The normalized spacial score (nSPS) is 12.4. The summed E-state index contributed by atoms with van der Waals surface area (Å²) in [7, 11) is 0. The fraction of sp³-hybridized carbons (Fsp3) is 0.909. The largest absolute Gasteiger partial charge is 0.481 e. The van der Waals surface area contributed by atoms with Crippen molar-refractivity contribution in [1.82, 2.24) is 0 Å². The van der Waals surface area contributed by atoms with E-state index in [2.05, 4.69) is 0 Å². The fourth-order valence-electron chi connectivity index (χ4n) is 3.42. The van der Waals surface area contributed by atoms with Gasteiger partial charge in [-0.05, 0) is 46.0 Å². The topological polar surface area (TPSA) is 93.1 Å². The van der Waals surface area contributed by atoms with E-state index >= 15 is 0 Å². The van der Waals surface area contributed by atoms with Gasteiger partial charge in [0.25, 0.3) is 0 Å². The summed E-state index contributed by atoms with van der Waals surface area (Å²) in [5.41, 5.74) is 0. The Balaban J connectivity index is 3.52. The molecule has 0 radical (unpaired) electrons. The van der Waals surface area contributed by atoms with Crippen LogP contribution in [0.25, 0.3) is 0 Å². The van der Waals surface area contributed by atoms with Crippen LogP contribution in [-0.2, 0) is 19.1 Å². The number of aliphatic carboxylic acids is 2. The molecule has 0 fully saturated rings. The van der Waals surface area contributed by atoms with Crippen LogP contribution >= 0.6 is 0 Å². The van der Waals surface area contributed by atoms with E-state index in [-0.39, 0.29) is 12.7 Å². The highest BCUT2D eigenvalue weighted by Gasteiger charge is 2.16. The van der Waals surface area contributed by atoms with Gasteiger partial charge in [0.1, 0.15) is 0 Å². The second kappa shape index (κ2) is 19.2. The van der Waals surface area contributed by atoms with Crippen LogP contribution in [0.2, 0.25) is 0 Å². The maximum absolute atomic E-state index is 11.2. The van der Waals surface area contributed by atoms with E-state index in [0.29, 0.717) is 32.5 Å². The Morgan fingerprint density at radius 1 is 0.679 bits per heavy atom.